The number of amides is 1. The Balaban J connectivity index is 1.74. The molecule has 1 aliphatic rings. The van der Waals surface area contributed by atoms with Gasteiger partial charge in [-0.1, -0.05) is 24.6 Å². The lowest BCUT2D eigenvalue weighted by Crippen LogP contribution is -2.43. The Bertz CT molecular complexity index is 728. The van der Waals surface area contributed by atoms with Gasteiger partial charge in [-0.2, -0.15) is 0 Å². The number of aryl methyl sites for hydroxylation is 1. The minimum Gasteiger partial charge on any atom is -0.486 e. The molecule has 0 saturated heterocycles. The lowest BCUT2D eigenvalue weighted by Gasteiger charge is -2.35. The van der Waals surface area contributed by atoms with Crippen LogP contribution < -0.4 is 20.7 Å². The van der Waals surface area contributed by atoms with Crippen molar-refractivity contribution < 1.29 is 9.53 Å². The van der Waals surface area contributed by atoms with Gasteiger partial charge in [-0.05, 0) is 37.6 Å². The van der Waals surface area contributed by atoms with Crippen LogP contribution in [-0.2, 0) is 4.79 Å². The number of nitrogens with two attached hydrogens (primary N) is 1. The van der Waals surface area contributed by atoms with Gasteiger partial charge in [0.1, 0.15) is 11.9 Å². The Labute approximate surface area is 142 Å². The van der Waals surface area contributed by atoms with E-state index in [1.54, 1.807) is 0 Å². The van der Waals surface area contributed by atoms with E-state index < -0.39 is 0 Å². The number of hydrogen-bond acceptors (Lipinski definition) is 4. The van der Waals surface area contributed by atoms with Gasteiger partial charge in [-0.25, -0.2) is 0 Å². The number of fused-ring (bicyclic) bond motifs is 1. The number of anilines is 3. The molecule has 0 fully saturated rings. The molecule has 1 heterocycles. The van der Waals surface area contributed by atoms with Crippen molar-refractivity contribution in [1.82, 2.24) is 0 Å². The number of benzene rings is 2. The molecule has 1 atom stereocenters. The van der Waals surface area contributed by atoms with E-state index in [9.17, 15) is 4.79 Å². The van der Waals surface area contributed by atoms with Gasteiger partial charge in [0.05, 0.1) is 18.8 Å². The zero-order chi connectivity index (χ0) is 17.1. The van der Waals surface area contributed by atoms with Crippen LogP contribution in [0.25, 0.3) is 0 Å². The first-order valence-corrected chi connectivity index (χ1v) is 8.23. The highest BCUT2D eigenvalue weighted by Crippen LogP contribution is 2.35. The van der Waals surface area contributed by atoms with Crippen molar-refractivity contribution in [3.05, 3.63) is 48.0 Å². The highest BCUT2D eigenvalue weighted by atomic mass is 16.5. The molecule has 0 aromatic heterocycles. The Morgan fingerprint density at radius 3 is 2.75 bits per heavy atom. The predicted octanol–water partition coefficient (Wildman–Crippen LogP) is 3.19. The van der Waals surface area contributed by atoms with Gasteiger partial charge in [0.15, 0.2) is 0 Å². The maximum Gasteiger partial charge on any atom is 0.243 e. The monoisotopic (exact) mass is 325 g/mol. The van der Waals surface area contributed by atoms with E-state index in [4.69, 9.17) is 10.5 Å². The average molecular weight is 325 g/mol. The molecule has 3 rings (SSSR count). The second kappa shape index (κ2) is 6.83. The number of rotatable bonds is 4. The topological polar surface area (TPSA) is 67.6 Å². The van der Waals surface area contributed by atoms with Gasteiger partial charge in [0, 0.05) is 17.4 Å². The van der Waals surface area contributed by atoms with Gasteiger partial charge < -0.3 is 20.7 Å². The lowest BCUT2D eigenvalue weighted by molar-refractivity contribution is -0.115. The summed E-state index contributed by atoms with van der Waals surface area (Å²) in [6.07, 6.45) is 0.941. The van der Waals surface area contributed by atoms with Crippen LogP contribution in [-0.4, -0.2) is 25.1 Å². The first-order chi connectivity index (χ1) is 11.5. The number of carbonyl (C=O) groups excluding carboxylic acids is 1. The van der Waals surface area contributed by atoms with E-state index in [0.717, 1.165) is 23.5 Å². The van der Waals surface area contributed by atoms with Crippen molar-refractivity contribution in [2.75, 3.05) is 29.0 Å². The van der Waals surface area contributed by atoms with E-state index in [1.165, 1.54) is 5.56 Å². The number of nitrogens with one attached hydrogen (secondary N) is 1. The standard InChI is InChI=1S/C19H23N3O2/c1-3-16-11-22(17-9-6-14(20)10-18(17)24-16)12-19(23)21-15-7-4-13(2)5-8-15/h4-10,16H,3,11-12,20H2,1-2H3,(H,21,23). The number of hydrogen-bond donors (Lipinski definition) is 2. The minimum absolute atomic E-state index is 0.0432. The summed E-state index contributed by atoms with van der Waals surface area (Å²) < 4.78 is 5.95. The Hall–Kier alpha value is -2.69. The van der Waals surface area contributed by atoms with E-state index in [0.29, 0.717) is 12.2 Å². The van der Waals surface area contributed by atoms with Crippen LogP contribution in [0.2, 0.25) is 0 Å². The number of carbonyl (C=O) groups is 1. The van der Waals surface area contributed by atoms with Crippen LogP contribution in [0.1, 0.15) is 18.9 Å². The van der Waals surface area contributed by atoms with E-state index >= 15 is 0 Å². The molecule has 24 heavy (non-hydrogen) atoms. The third kappa shape index (κ3) is 3.62. The molecule has 3 N–H and O–H groups in total. The molecule has 2 aromatic carbocycles. The summed E-state index contributed by atoms with van der Waals surface area (Å²) in [6.45, 7) is 5.07. The molecule has 0 bridgehead atoms. The quantitative estimate of drug-likeness (QED) is 0.847. The van der Waals surface area contributed by atoms with E-state index in [1.807, 2.05) is 49.4 Å². The average Bonchev–Trinajstić information content (AvgIpc) is 2.56. The van der Waals surface area contributed by atoms with Crippen molar-refractivity contribution in [3.63, 3.8) is 0 Å². The largest absolute Gasteiger partial charge is 0.486 e. The van der Waals surface area contributed by atoms with E-state index in [2.05, 4.69) is 17.1 Å². The van der Waals surface area contributed by atoms with Crippen LogP contribution in [0.4, 0.5) is 17.1 Å². The highest BCUT2D eigenvalue weighted by molar-refractivity contribution is 5.94. The fourth-order valence-electron chi connectivity index (χ4n) is 2.82. The smallest absolute Gasteiger partial charge is 0.243 e. The first kappa shape index (κ1) is 16.2. The molecule has 0 spiro atoms. The minimum atomic E-state index is -0.0432. The molecule has 5 nitrogen and oxygen atoms in total. The van der Waals surface area contributed by atoms with E-state index in [-0.39, 0.29) is 18.6 Å². The zero-order valence-electron chi connectivity index (χ0n) is 14.1. The zero-order valence-corrected chi connectivity index (χ0v) is 14.1. The Kier molecular flexibility index (Phi) is 4.60. The Morgan fingerprint density at radius 2 is 2.04 bits per heavy atom. The van der Waals surface area contributed by atoms with Crippen molar-refractivity contribution in [2.24, 2.45) is 0 Å². The molecule has 2 aromatic rings. The summed E-state index contributed by atoms with van der Waals surface area (Å²) in [5.41, 5.74) is 9.40. The van der Waals surface area contributed by atoms with Crippen LogP contribution >= 0.6 is 0 Å². The summed E-state index contributed by atoms with van der Waals surface area (Å²) in [7, 11) is 0. The third-order valence-corrected chi connectivity index (χ3v) is 4.17. The highest BCUT2D eigenvalue weighted by Gasteiger charge is 2.26. The second-order valence-electron chi connectivity index (χ2n) is 6.17. The molecule has 0 saturated carbocycles. The predicted molar refractivity (Wildman–Crippen MR) is 97.6 cm³/mol. The van der Waals surface area contributed by atoms with Crippen LogP contribution in [0, 0.1) is 6.92 Å². The van der Waals surface area contributed by atoms with Crippen molar-refractivity contribution in [3.8, 4) is 5.75 Å². The van der Waals surface area contributed by atoms with Gasteiger partial charge in [0.25, 0.3) is 0 Å². The van der Waals surface area contributed by atoms with Gasteiger partial charge in [0.2, 0.25) is 5.91 Å². The molecule has 0 radical (unpaired) electrons. The fourth-order valence-corrected chi connectivity index (χ4v) is 2.82. The number of nitrogen functional groups attached to an aromatic ring is 1. The van der Waals surface area contributed by atoms with Crippen molar-refractivity contribution in [2.45, 2.75) is 26.4 Å². The van der Waals surface area contributed by atoms with Crippen LogP contribution in [0.3, 0.4) is 0 Å². The SMILES string of the molecule is CCC1CN(CC(=O)Nc2ccc(C)cc2)c2ccc(N)cc2O1. The van der Waals surface area contributed by atoms with Crippen molar-refractivity contribution >= 4 is 23.0 Å². The Morgan fingerprint density at radius 1 is 1.29 bits per heavy atom. The molecular formula is C19H23N3O2. The normalized spacial score (nSPS) is 16.2. The summed E-state index contributed by atoms with van der Waals surface area (Å²) in [4.78, 5) is 14.5. The molecule has 5 heteroatoms. The second-order valence-corrected chi connectivity index (χ2v) is 6.17. The van der Waals surface area contributed by atoms with Gasteiger partial charge >= 0.3 is 0 Å². The summed E-state index contributed by atoms with van der Waals surface area (Å²) in [5, 5.41) is 2.95. The van der Waals surface area contributed by atoms with Gasteiger partial charge in [-0.15, -0.1) is 0 Å². The fraction of sp³-hybridized carbons (Fsp3) is 0.316. The number of nitrogens with zero attached hydrogens (tertiary/aromatic N) is 1. The summed E-state index contributed by atoms with van der Waals surface area (Å²) >= 11 is 0. The molecule has 1 unspecified atom stereocenters. The van der Waals surface area contributed by atoms with Crippen molar-refractivity contribution in [1.29, 1.82) is 0 Å². The lowest BCUT2D eigenvalue weighted by atomic mass is 10.1. The molecular weight excluding hydrogens is 302 g/mol. The number of ether oxygens (including phenoxy) is 1. The third-order valence-electron chi connectivity index (χ3n) is 4.17. The molecule has 1 aliphatic heterocycles. The molecule has 0 aliphatic carbocycles. The van der Waals surface area contributed by atoms with Crippen LogP contribution in [0.5, 0.6) is 5.75 Å². The molecule has 126 valence electrons. The summed E-state index contributed by atoms with van der Waals surface area (Å²) in [6, 6.07) is 13.4. The molecule has 1 amide bonds. The van der Waals surface area contributed by atoms with Gasteiger partial charge in [-0.3, -0.25) is 4.79 Å². The first-order valence-electron chi connectivity index (χ1n) is 8.23. The van der Waals surface area contributed by atoms with Crippen LogP contribution in [0.15, 0.2) is 42.5 Å². The maximum atomic E-state index is 12.4. The maximum absolute atomic E-state index is 12.4. The summed E-state index contributed by atoms with van der Waals surface area (Å²) in [5.74, 6) is 0.703.